The van der Waals surface area contributed by atoms with Gasteiger partial charge in [0.2, 0.25) is 0 Å². The number of amides is 1. The van der Waals surface area contributed by atoms with E-state index in [9.17, 15) is 18.0 Å². The zero-order chi connectivity index (χ0) is 21.7. The molecule has 0 radical (unpaired) electrons. The average molecular weight is 445 g/mol. The lowest BCUT2D eigenvalue weighted by Gasteiger charge is -2.11. The fourth-order valence-electron chi connectivity index (χ4n) is 2.62. The van der Waals surface area contributed by atoms with Crippen LogP contribution in [0.2, 0.25) is 5.02 Å². The van der Waals surface area contributed by atoms with Crippen LogP contribution in [0.5, 0.6) is 0 Å². The number of rotatable bonds is 6. The van der Waals surface area contributed by atoms with E-state index >= 15 is 0 Å². The number of ether oxygens (including phenoxy) is 1. The fourth-order valence-corrected chi connectivity index (χ4v) is 3.95. The van der Waals surface area contributed by atoms with Crippen LogP contribution in [-0.2, 0) is 14.8 Å². The highest BCUT2D eigenvalue weighted by molar-refractivity contribution is 7.92. The van der Waals surface area contributed by atoms with Crippen molar-refractivity contribution in [2.24, 2.45) is 0 Å². The molecule has 0 aromatic heterocycles. The van der Waals surface area contributed by atoms with Gasteiger partial charge in [0.15, 0.2) is 0 Å². The summed E-state index contributed by atoms with van der Waals surface area (Å²) in [6.07, 6.45) is 0. The van der Waals surface area contributed by atoms with Gasteiger partial charge in [0.25, 0.3) is 15.9 Å². The molecule has 0 saturated carbocycles. The summed E-state index contributed by atoms with van der Waals surface area (Å²) in [6, 6.07) is 18.3. The Bertz CT molecular complexity index is 1200. The van der Waals surface area contributed by atoms with Gasteiger partial charge in [-0.15, -0.1) is 0 Å². The van der Waals surface area contributed by atoms with E-state index in [2.05, 4.69) is 14.8 Å². The predicted molar refractivity (Wildman–Crippen MR) is 114 cm³/mol. The van der Waals surface area contributed by atoms with Crippen molar-refractivity contribution in [3.8, 4) is 0 Å². The number of esters is 1. The highest BCUT2D eigenvalue weighted by atomic mass is 35.5. The number of nitrogens with one attached hydrogen (secondary N) is 2. The van der Waals surface area contributed by atoms with Crippen molar-refractivity contribution < 1.29 is 22.7 Å². The van der Waals surface area contributed by atoms with Crippen molar-refractivity contribution in [2.75, 3.05) is 17.1 Å². The minimum Gasteiger partial charge on any atom is -0.465 e. The van der Waals surface area contributed by atoms with Crippen LogP contribution in [0.3, 0.4) is 0 Å². The van der Waals surface area contributed by atoms with Crippen molar-refractivity contribution in [3.05, 3.63) is 88.9 Å². The fraction of sp³-hybridized carbons (Fsp3) is 0.0476. The first-order valence-corrected chi connectivity index (χ1v) is 10.5. The summed E-state index contributed by atoms with van der Waals surface area (Å²) in [4.78, 5) is 24.3. The molecule has 3 rings (SSSR count). The highest BCUT2D eigenvalue weighted by Gasteiger charge is 2.16. The van der Waals surface area contributed by atoms with E-state index in [1.165, 1.54) is 43.5 Å². The van der Waals surface area contributed by atoms with Gasteiger partial charge in [-0.05, 0) is 48.5 Å². The lowest BCUT2D eigenvalue weighted by Crippen LogP contribution is -2.15. The van der Waals surface area contributed by atoms with Crippen molar-refractivity contribution >= 4 is 44.9 Å². The largest absolute Gasteiger partial charge is 0.465 e. The van der Waals surface area contributed by atoms with Gasteiger partial charge in [-0.1, -0.05) is 35.9 Å². The smallest absolute Gasteiger partial charge is 0.337 e. The summed E-state index contributed by atoms with van der Waals surface area (Å²) >= 11 is 6.20. The monoisotopic (exact) mass is 444 g/mol. The molecule has 7 nitrogen and oxygen atoms in total. The number of hydrogen-bond donors (Lipinski definition) is 2. The number of carbonyl (C=O) groups excluding carboxylic acids is 2. The molecule has 2 N–H and O–H groups in total. The summed E-state index contributed by atoms with van der Waals surface area (Å²) in [5, 5.41) is 2.70. The molecule has 3 aromatic rings. The Balaban J connectivity index is 1.77. The Labute approximate surface area is 178 Å². The van der Waals surface area contributed by atoms with Gasteiger partial charge in [-0.25, -0.2) is 13.2 Å². The van der Waals surface area contributed by atoms with Gasteiger partial charge >= 0.3 is 5.97 Å². The minimum atomic E-state index is -3.78. The van der Waals surface area contributed by atoms with Crippen LogP contribution in [0.25, 0.3) is 0 Å². The lowest BCUT2D eigenvalue weighted by atomic mass is 10.1. The summed E-state index contributed by atoms with van der Waals surface area (Å²) in [5.41, 5.74) is 1.02. The van der Waals surface area contributed by atoms with Gasteiger partial charge in [0.1, 0.15) is 0 Å². The molecular weight excluding hydrogens is 428 g/mol. The molecule has 0 atom stereocenters. The molecular formula is C21H17ClN2O5S. The third-order valence-electron chi connectivity index (χ3n) is 4.06. The maximum absolute atomic E-state index is 12.6. The second-order valence-corrected chi connectivity index (χ2v) is 8.23. The molecule has 0 heterocycles. The third-order valence-corrected chi connectivity index (χ3v) is 5.77. The van der Waals surface area contributed by atoms with Crippen molar-refractivity contribution in [1.82, 2.24) is 0 Å². The molecule has 1 amide bonds. The number of sulfonamides is 1. The summed E-state index contributed by atoms with van der Waals surface area (Å²) in [7, 11) is -2.52. The van der Waals surface area contributed by atoms with Crippen molar-refractivity contribution in [2.45, 2.75) is 4.90 Å². The van der Waals surface area contributed by atoms with Crippen LogP contribution >= 0.6 is 11.6 Å². The molecule has 30 heavy (non-hydrogen) atoms. The number of anilines is 2. The number of methoxy groups -OCH3 is 1. The summed E-state index contributed by atoms with van der Waals surface area (Å²) in [5.74, 6) is -1.04. The van der Waals surface area contributed by atoms with Gasteiger partial charge in [-0.2, -0.15) is 0 Å². The van der Waals surface area contributed by atoms with Gasteiger partial charge in [0.05, 0.1) is 33.8 Å². The zero-order valence-corrected chi connectivity index (χ0v) is 17.3. The van der Waals surface area contributed by atoms with E-state index in [0.717, 1.165) is 0 Å². The SMILES string of the molecule is COC(=O)c1cccc(NC(=O)c2ccc(NS(=O)(=O)c3ccccc3)cc2Cl)c1. The highest BCUT2D eigenvalue weighted by Crippen LogP contribution is 2.24. The third kappa shape index (κ3) is 4.97. The lowest BCUT2D eigenvalue weighted by molar-refractivity contribution is 0.0600. The Kier molecular flexibility index (Phi) is 6.39. The second kappa shape index (κ2) is 8.98. The molecule has 0 unspecified atom stereocenters. The van der Waals surface area contributed by atoms with Gasteiger partial charge < -0.3 is 10.1 Å². The average Bonchev–Trinajstić information content (AvgIpc) is 2.73. The Hall–Kier alpha value is -3.36. The van der Waals surface area contributed by atoms with Crippen LogP contribution in [0.15, 0.2) is 77.7 Å². The minimum absolute atomic E-state index is 0.0601. The van der Waals surface area contributed by atoms with E-state index in [1.807, 2.05) is 0 Å². The van der Waals surface area contributed by atoms with Gasteiger partial charge in [0, 0.05) is 5.69 Å². The van der Waals surface area contributed by atoms with Gasteiger partial charge in [-0.3, -0.25) is 9.52 Å². The summed E-state index contributed by atoms with van der Waals surface area (Å²) in [6.45, 7) is 0. The molecule has 0 saturated heterocycles. The predicted octanol–water partition coefficient (Wildman–Crippen LogP) is 4.18. The quantitative estimate of drug-likeness (QED) is 0.555. The van der Waals surface area contributed by atoms with E-state index in [1.54, 1.807) is 36.4 Å². The first-order valence-electron chi connectivity index (χ1n) is 8.67. The topological polar surface area (TPSA) is 102 Å². The normalized spacial score (nSPS) is 10.9. The maximum Gasteiger partial charge on any atom is 0.337 e. The molecule has 0 bridgehead atoms. The van der Waals surface area contributed by atoms with Crippen molar-refractivity contribution in [3.63, 3.8) is 0 Å². The van der Waals surface area contributed by atoms with E-state index in [0.29, 0.717) is 5.69 Å². The van der Waals surface area contributed by atoms with Crippen LogP contribution in [0, 0.1) is 0 Å². The molecule has 3 aromatic carbocycles. The molecule has 0 spiro atoms. The zero-order valence-electron chi connectivity index (χ0n) is 15.8. The molecule has 0 aliphatic heterocycles. The van der Waals surface area contributed by atoms with E-state index in [-0.39, 0.29) is 26.7 Å². The first-order chi connectivity index (χ1) is 14.3. The number of benzene rings is 3. The molecule has 154 valence electrons. The first kappa shape index (κ1) is 21.4. The van der Waals surface area contributed by atoms with Crippen LogP contribution in [0.4, 0.5) is 11.4 Å². The summed E-state index contributed by atoms with van der Waals surface area (Å²) < 4.78 is 31.9. The Morgan fingerprint density at radius 1 is 0.900 bits per heavy atom. The molecule has 9 heteroatoms. The number of carbonyl (C=O) groups is 2. The number of halogens is 1. The van der Waals surface area contributed by atoms with Crippen LogP contribution in [-0.4, -0.2) is 27.4 Å². The molecule has 0 aliphatic carbocycles. The second-order valence-electron chi connectivity index (χ2n) is 6.14. The van der Waals surface area contributed by atoms with Crippen molar-refractivity contribution in [1.29, 1.82) is 0 Å². The standard InChI is InChI=1S/C21H17ClN2O5S/c1-29-21(26)14-6-5-7-15(12-14)23-20(25)18-11-10-16(13-19(18)22)24-30(27,28)17-8-3-2-4-9-17/h2-13,24H,1H3,(H,23,25). The molecule has 0 fully saturated rings. The van der Waals surface area contributed by atoms with E-state index in [4.69, 9.17) is 11.6 Å². The Morgan fingerprint density at radius 3 is 2.30 bits per heavy atom. The van der Waals surface area contributed by atoms with Crippen LogP contribution in [0.1, 0.15) is 20.7 Å². The molecule has 0 aliphatic rings. The number of hydrogen-bond acceptors (Lipinski definition) is 5. The maximum atomic E-state index is 12.6. The van der Waals surface area contributed by atoms with Crippen LogP contribution < -0.4 is 10.0 Å². The van der Waals surface area contributed by atoms with E-state index < -0.39 is 21.9 Å². The Morgan fingerprint density at radius 2 is 1.63 bits per heavy atom.